The van der Waals surface area contributed by atoms with Gasteiger partial charge in [0.25, 0.3) is 0 Å². The summed E-state index contributed by atoms with van der Waals surface area (Å²) in [6.45, 7) is 3.47. The Hall–Kier alpha value is -2.37. The van der Waals surface area contributed by atoms with Crippen LogP contribution in [0.15, 0.2) is 24.3 Å². The predicted octanol–water partition coefficient (Wildman–Crippen LogP) is 4.14. The molecule has 0 amide bonds. The van der Waals surface area contributed by atoms with E-state index >= 15 is 0 Å². The average molecular weight is 296 g/mol. The molecule has 2 rings (SSSR count). The summed E-state index contributed by atoms with van der Waals surface area (Å²) in [5.74, 6) is -2.16. The van der Waals surface area contributed by atoms with Gasteiger partial charge in [0.05, 0.1) is 18.0 Å². The average Bonchev–Trinajstić information content (AvgIpc) is 2.44. The van der Waals surface area contributed by atoms with Crippen LogP contribution in [0.3, 0.4) is 0 Å². The quantitative estimate of drug-likeness (QED) is 0.834. The second kappa shape index (κ2) is 5.95. The zero-order valence-electron chi connectivity index (χ0n) is 11.6. The van der Waals surface area contributed by atoms with E-state index in [9.17, 15) is 13.2 Å². The number of ether oxygens (including phenoxy) is 1. The molecular weight excluding hydrogens is 281 g/mol. The van der Waals surface area contributed by atoms with E-state index in [0.29, 0.717) is 0 Å². The SMILES string of the molecule is CCOc1cc(Nc2c(F)ccc(C)c2F)c(N)cc1F. The van der Waals surface area contributed by atoms with Gasteiger partial charge in [-0.15, -0.1) is 0 Å². The summed E-state index contributed by atoms with van der Waals surface area (Å²) in [5.41, 5.74) is 5.81. The van der Waals surface area contributed by atoms with Gasteiger partial charge in [-0.25, -0.2) is 13.2 Å². The maximum Gasteiger partial charge on any atom is 0.167 e. The van der Waals surface area contributed by atoms with E-state index in [1.807, 2.05) is 0 Å². The Morgan fingerprint density at radius 1 is 1.14 bits per heavy atom. The Labute approximate surface area is 120 Å². The number of hydrogen-bond acceptors (Lipinski definition) is 3. The van der Waals surface area contributed by atoms with E-state index in [-0.39, 0.29) is 35.0 Å². The molecule has 0 fully saturated rings. The number of anilines is 3. The molecule has 0 saturated heterocycles. The van der Waals surface area contributed by atoms with Gasteiger partial charge in [-0.3, -0.25) is 0 Å². The molecule has 0 spiro atoms. The Kier molecular flexibility index (Phi) is 4.26. The van der Waals surface area contributed by atoms with Crippen LogP contribution in [0.2, 0.25) is 0 Å². The second-order valence-corrected chi connectivity index (χ2v) is 4.48. The molecule has 21 heavy (non-hydrogen) atoms. The highest BCUT2D eigenvalue weighted by Crippen LogP contribution is 2.33. The van der Waals surface area contributed by atoms with Crippen molar-refractivity contribution >= 4 is 17.1 Å². The zero-order chi connectivity index (χ0) is 15.6. The summed E-state index contributed by atoms with van der Waals surface area (Å²) >= 11 is 0. The first kappa shape index (κ1) is 15.0. The van der Waals surface area contributed by atoms with Gasteiger partial charge in [0.2, 0.25) is 0 Å². The number of rotatable bonds is 4. The van der Waals surface area contributed by atoms with Crippen LogP contribution in [0.25, 0.3) is 0 Å². The maximum atomic E-state index is 14.0. The first-order valence-corrected chi connectivity index (χ1v) is 6.37. The second-order valence-electron chi connectivity index (χ2n) is 4.48. The first-order valence-electron chi connectivity index (χ1n) is 6.37. The molecule has 0 heterocycles. The molecule has 0 bridgehead atoms. The van der Waals surface area contributed by atoms with E-state index in [1.54, 1.807) is 6.92 Å². The van der Waals surface area contributed by atoms with Crippen LogP contribution in [0.5, 0.6) is 5.75 Å². The smallest absolute Gasteiger partial charge is 0.167 e. The van der Waals surface area contributed by atoms with Gasteiger partial charge >= 0.3 is 0 Å². The van der Waals surface area contributed by atoms with Crippen molar-refractivity contribution in [1.29, 1.82) is 0 Å². The lowest BCUT2D eigenvalue weighted by Crippen LogP contribution is -2.04. The van der Waals surface area contributed by atoms with Gasteiger partial charge in [0.15, 0.2) is 17.4 Å². The molecule has 2 aromatic carbocycles. The van der Waals surface area contributed by atoms with E-state index < -0.39 is 17.5 Å². The van der Waals surface area contributed by atoms with Crippen LogP contribution < -0.4 is 15.8 Å². The molecule has 0 saturated carbocycles. The fraction of sp³-hybridized carbons (Fsp3) is 0.200. The summed E-state index contributed by atoms with van der Waals surface area (Å²) < 4.78 is 46.4. The van der Waals surface area contributed by atoms with Crippen LogP contribution in [-0.2, 0) is 0 Å². The lowest BCUT2D eigenvalue weighted by atomic mass is 10.1. The molecule has 6 heteroatoms. The minimum Gasteiger partial charge on any atom is -0.491 e. The van der Waals surface area contributed by atoms with Crippen molar-refractivity contribution in [2.75, 3.05) is 17.7 Å². The lowest BCUT2D eigenvalue weighted by Gasteiger charge is -2.14. The number of nitrogens with two attached hydrogens (primary N) is 1. The van der Waals surface area contributed by atoms with Gasteiger partial charge in [-0.2, -0.15) is 0 Å². The molecule has 0 aliphatic carbocycles. The topological polar surface area (TPSA) is 47.3 Å². The zero-order valence-corrected chi connectivity index (χ0v) is 11.6. The van der Waals surface area contributed by atoms with E-state index in [4.69, 9.17) is 10.5 Å². The molecule has 3 nitrogen and oxygen atoms in total. The van der Waals surface area contributed by atoms with Crippen molar-refractivity contribution in [2.24, 2.45) is 0 Å². The Morgan fingerprint density at radius 3 is 2.52 bits per heavy atom. The van der Waals surface area contributed by atoms with Gasteiger partial charge in [0, 0.05) is 12.1 Å². The van der Waals surface area contributed by atoms with Crippen molar-refractivity contribution in [3.63, 3.8) is 0 Å². The van der Waals surface area contributed by atoms with Gasteiger partial charge in [0.1, 0.15) is 11.5 Å². The summed E-state index contributed by atoms with van der Waals surface area (Å²) in [6.07, 6.45) is 0. The number of nitrogens with one attached hydrogen (secondary N) is 1. The van der Waals surface area contributed by atoms with Crippen molar-refractivity contribution < 1.29 is 17.9 Å². The largest absolute Gasteiger partial charge is 0.491 e. The van der Waals surface area contributed by atoms with Crippen LogP contribution >= 0.6 is 0 Å². The van der Waals surface area contributed by atoms with E-state index in [0.717, 1.165) is 12.1 Å². The van der Waals surface area contributed by atoms with Gasteiger partial charge in [-0.1, -0.05) is 6.07 Å². The first-order chi connectivity index (χ1) is 9.93. The Bertz CT molecular complexity index is 674. The fourth-order valence-corrected chi connectivity index (χ4v) is 1.85. The van der Waals surface area contributed by atoms with Gasteiger partial charge in [-0.05, 0) is 25.5 Å². The summed E-state index contributed by atoms with van der Waals surface area (Å²) in [7, 11) is 0. The van der Waals surface area contributed by atoms with Crippen LogP contribution in [0.1, 0.15) is 12.5 Å². The number of aryl methyl sites for hydroxylation is 1. The normalized spacial score (nSPS) is 10.5. The van der Waals surface area contributed by atoms with Crippen molar-refractivity contribution in [1.82, 2.24) is 0 Å². The summed E-state index contributed by atoms with van der Waals surface area (Å²) in [4.78, 5) is 0. The highest BCUT2D eigenvalue weighted by atomic mass is 19.1. The number of nitrogen functional groups attached to an aromatic ring is 1. The minimum atomic E-state index is -0.764. The molecule has 2 aromatic rings. The van der Waals surface area contributed by atoms with Gasteiger partial charge < -0.3 is 15.8 Å². The third kappa shape index (κ3) is 3.04. The number of hydrogen-bond donors (Lipinski definition) is 2. The van der Waals surface area contributed by atoms with Crippen LogP contribution in [0.4, 0.5) is 30.2 Å². The van der Waals surface area contributed by atoms with Crippen molar-refractivity contribution in [3.8, 4) is 5.75 Å². The third-order valence-corrected chi connectivity index (χ3v) is 2.95. The monoisotopic (exact) mass is 296 g/mol. The molecule has 0 unspecified atom stereocenters. The van der Waals surface area contributed by atoms with E-state index in [2.05, 4.69) is 5.32 Å². The molecule has 0 aliphatic rings. The third-order valence-electron chi connectivity index (χ3n) is 2.95. The summed E-state index contributed by atoms with van der Waals surface area (Å²) in [5, 5.41) is 2.55. The Morgan fingerprint density at radius 2 is 1.86 bits per heavy atom. The van der Waals surface area contributed by atoms with Crippen LogP contribution in [-0.4, -0.2) is 6.61 Å². The number of benzene rings is 2. The minimum absolute atomic E-state index is 0.0243. The van der Waals surface area contributed by atoms with Crippen LogP contribution in [0, 0.1) is 24.4 Å². The molecule has 112 valence electrons. The van der Waals surface area contributed by atoms with E-state index in [1.165, 1.54) is 19.1 Å². The lowest BCUT2D eigenvalue weighted by molar-refractivity contribution is 0.322. The standard InChI is InChI=1S/C15H15F3N2O/c1-3-21-13-7-12(11(19)6-10(13)17)20-15-9(16)5-4-8(2)14(15)18/h4-7,20H,3,19H2,1-2H3. The highest BCUT2D eigenvalue weighted by Gasteiger charge is 2.15. The summed E-state index contributed by atoms with van der Waals surface area (Å²) in [6, 6.07) is 4.79. The molecule has 0 radical (unpaired) electrons. The molecule has 0 aromatic heterocycles. The highest BCUT2D eigenvalue weighted by molar-refractivity contribution is 5.75. The number of halogens is 3. The van der Waals surface area contributed by atoms with Crippen molar-refractivity contribution in [2.45, 2.75) is 13.8 Å². The molecule has 0 aliphatic heterocycles. The molecular formula is C15H15F3N2O. The maximum absolute atomic E-state index is 14.0. The van der Waals surface area contributed by atoms with Crippen molar-refractivity contribution in [3.05, 3.63) is 47.3 Å². The predicted molar refractivity (Wildman–Crippen MR) is 76.4 cm³/mol. The fourth-order valence-electron chi connectivity index (χ4n) is 1.85. The Balaban J connectivity index is 2.44. The molecule has 3 N–H and O–H groups in total. The molecule has 0 atom stereocenters.